The Hall–Kier alpha value is -0.0800. The Morgan fingerprint density at radius 1 is 1.31 bits per heavy atom. The minimum absolute atomic E-state index is 0.648. The molecule has 0 aliphatic heterocycles. The molecule has 1 aliphatic carbocycles. The van der Waals surface area contributed by atoms with Gasteiger partial charge in [-0.15, -0.1) is 0 Å². The van der Waals surface area contributed by atoms with Crippen LogP contribution < -0.4 is 5.73 Å². The summed E-state index contributed by atoms with van der Waals surface area (Å²) in [6.07, 6.45) is 8.07. The van der Waals surface area contributed by atoms with E-state index < -0.39 is 0 Å². The van der Waals surface area contributed by atoms with Gasteiger partial charge in [0.15, 0.2) is 0 Å². The monoisotopic (exact) mass is 226 g/mol. The summed E-state index contributed by atoms with van der Waals surface area (Å²) in [5.74, 6) is 0.885. The standard InChI is InChI=1S/C14H30N2/c1-4-6-10-16(12(3)5-2)14(11-15)13-8-7-9-13/h12-14H,4-11,15H2,1-3H3. The first-order valence-electron chi connectivity index (χ1n) is 7.20. The molecule has 1 saturated carbocycles. The van der Waals surface area contributed by atoms with Gasteiger partial charge >= 0.3 is 0 Å². The van der Waals surface area contributed by atoms with Gasteiger partial charge < -0.3 is 5.73 Å². The Balaban J connectivity index is 2.55. The maximum atomic E-state index is 6.01. The zero-order chi connectivity index (χ0) is 12.0. The van der Waals surface area contributed by atoms with E-state index >= 15 is 0 Å². The van der Waals surface area contributed by atoms with Crippen LogP contribution in [-0.2, 0) is 0 Å². The van der Waals surface area contributed by atoms with Crippen molar-refractivity contribution in [2.75, 3.05) is 13.1 Å². The molecular formula is C14H30N2. The second-order valence-corrected chi connectivity index (χ2v) is 5.34. The second kappa shape index (κ2) is 7.29. The third-order valence-electron chi connectivity index (χ3n) is 4.29. The van der Waals surface area contributed by atoms with Gasteiger partial charge in [0.1, 0.15) is 0 Å². The zero-order valence-corrected chi connectivity index (χ0v) is 11.4. The molecule has 0 aromatic carbocycles. The Labute approximate surface area is 102 Å². The summed E-state index contributed by atoms with van der Waals surface area (Å²) in [5.41, 5.74) is 6.01. The van der Waals surface area contributed by atoms with Crippen LogP contribution in [0.2, 0.25) is 0 Å². The first-order chi connectivity index (χ1) is 7.74. The van der Waals surface area contributed by atoms with Gasteiger partial charge in [0.25, 0.3) is 0 Å². The van der Waals surface area contributed by atoms with E-state index in [0.717, 1.165) is 12.5 Å². The molecule has 2 nitrogen and oxygen atoms in total. The predicted molar refractivity (Wildman–Crippen MR) is 71.6 cm³/mol. The predicted octanol–water partition coefficient (Wildman–Crippen LogP) is 3.01. The van der Waals surface area contributed by atoms with Crippen molar-refractivity contribution >= 4 is 0 Å². The lowest BCUT2D eigenvalue weighted by molar-refractivity contribution is 0.0655. The van der Waals surface area contributed by atoms with E-state index in [9.17, 15) is 0 Å². The third-order valence-corrected chi connectivity index (χ3v) is 4.29. The number of hydrogen-bond acceptors (Lipinski definition) is 2. The number of nitrogens with zero attached hydrogens (tertiary/aromatic N) is 1. The van der Waals surface area contributed by atoms with Crippen LogP contribution >= 0.6 is 0 Å². The summed E-state index contributed by atoms with van der Waals surface area (Å²) in [6, 6.07) is 1.34. The maximum Gasteiger partial charge on any atom is 0.0249 e. The highest BCUT2D eigenvalue weighted by atomic mass is 15.2. The van der Waals surface area contributed by atoms with Crippen molar-refractivity contribution in [3.63, 3.8) is 0 Å². The van der Waals surface area contributed by atoms with Crippen molar-refractivity contribution in [3.8, 4) is 0 Å². The Kier molecular flexibility index (Phi) is 6.37. The van der Waals surface area contributed by atoms with Crippen LogP contribution in [0.15, 0.2) is 0 Å². The van der Waals surface area contributed by atoms with E-state index in [1.807, 2.05) is 0 Å². The van der Waals surface area contributed by atoms with E-state index in [1.165, 1.54) is 45.1 Å². The highest BCUT2D eigenvalue weighted by Gasteiger charge is 2.32. The van der Waals surface area contributed by atoms with Crippen LogP contribution in [0.5, 0.6) is 0 Å². The average Bonchev–Trinajstić information content (AvgIpc) is 2.24. The molecule has 0 amide bonds. The van der Waals surface area contributed by atoms with E-state index in [4.69, 9.17) is 5.73 Å². The molecular weight excluding hydrogens is 196 g/mol. The Morgan fingerprint density at radius 3 is 2.38 bits per heavy atom. The van der Waals surface area contributed by atoms with Crippen LogP contribution in [0.4, 0.5) is 0 Å². The van der Waals surface area contributed by atoms with Crippen molar-refractivity contribution in [2.45, 2.75) is 71.4 Å². The molecule has 2 unspecified atom stereocenters. The maximum absolute atomic E-state index is 6.01. The van der Waals surface area contributed by atoms with Crippen LogP contribution in [-0.4, -0.2) is 30.1 Å². The largest absolute Gasteiger partial charge is 0.329 e. The summed E-state index contributed by atoms with van der Waals surface area (Å²) in [6.45, 7) is 9.01. The van der Waals surface area contributed by atoms with Crippen molar-refractivity contribution in [2.24, 2.45) is 11.7 Å². The molecule has 1 fully saturated rings. The van der Waals surface area contributed by atoms with Gasteiger partial charge in [-0.2, -0.15) is 0 Å². The van der Waals surface area contributed by atoms with E-state index in [0.29, 0.717) is 12.1 Å². The molecule has 1 aliphatic rings. The van der Waals surface area contributed by atoms with Crippen LogP contribution in [0, 0.1) is 5.92 Å². The molecule has 1 rings (SSSR count). The zero-order valence-electron chi connectivity index (χ0n) is 11.4. The van der Waals surface area contributed by atoms with Crippen molar-refractivity contribution in [1.82, 2.24) is 4.90 Å². The molecule has 2 atom stereocenters. The lowest BCUT2D eigenvalue weighted by Gasteiger charge is -2.43. The summed E-state index contributed by atoms with van der Waals surface area (Å²) in [7, 11) is 0. The molecule has 96 valence electrons. The molecule has 0 spiro atoms. The fourth-order valence-corrected chi connectivity index (χ4v) is 2.71. The molecule has 2 N–H and O–H groups in total. The van der Waals surface area contributed by atoms with Crippen molar-refractivity contribution < 1.29 is 0 Å². The molecule has 0 radical (unpaired) electrons. The van der Waals surface area contributed by atoms with Gasteiger partial charge in [-0.3, -0.25) is 4.90 Å². The fraction of sp³-hybridized carbons (Fsp3) is 1.00. The molecule has 0 aromatic rings. The van der Waals surface area contributed by atoms with Gasteiger partial charge in [0.05, 0.1) is 0 Å². The first kappa shape index (κ1) is 14.0. The van der Waals surface area contributed by atoms with E-state index in [2.05, 4.69) is 25.7 Å². The number of hydrogen-bond donors (Lipinski definition) is 1. The van der Waals surface area contributed by atoms with Crippen LogP contribution in [0.3, 0.4) is 0 Å². The molecule has 16 heavy (non-hydrogen) atoms. The molecule has 0 aromatic heterocycles. The van der Waals surface area contributed by atoms with E-state index in [1.54, 1.807) is 0 Å². The van der Waals surface area contributed by atoms with Gasteiger partial charge in [-0.25, -0.2) is 0 Å². The highest BCUT2D eigenvalue weighted by Crippen LogP contribution is 2.33. The Bertz CT molecular complexity index is 178. The second-order valence-electron chi connectivity index (χ2n) is 5.34. The van der Waals surface area contributed by atoms with E-state index in [-0.39, 0.29) is 0 Å². The topological polar surface area (TPSA) is 29.3 Å². The number of unbranched alkanes of at least 4 members (excludes halogenated alkanes) is 1. The van der Waals surface area contributed by atoms with Gasteiger partial charge in [-0.05, 0) is 45.1 Å². The molecule has 0 heterocycles. The lowest BCUT2D eigenvalue weighted by Crippen LogP contribution is -2.51. The summed E-state index contributed by atoms with van der Waals surface area (Å²) < 4.78 is 0. The minimum Gasteiger partial charge on any atom is -0.329 e. The lowest BCUT2D eigenvalue weighted by atomic mass is 9.78. The fourth-order valence-electron chi connectivity index (χ4n) is 2.71. The molecule has 2 heteroatoms. The van der Waals surface area contributed by atoms with Gasteiger partial charge in [0, 0.05) is 18.6 Å². The summed E-state index contributed by atoms with van der Waals surface area (Å²) in [4.78, 5) is 2.69. The molecule has 0 bridgehead atoms. The Morgan fingerprint density at radius 2 is 2.00 bits per heavy atom. The summed E-state index contributed by atoms with van der Waals surface area (Å²) in [5, 5.41) is 0. The van der Waals surface area contributed by atoms with Gasteiger partial charge in [-0.1, -0.05) is 26.7 Å². The first-order valence-corrected chi connectivity index (χ1v) is 7.20. The van der Waals surface area contributed by atoms with Crippen molar-refractivity contribution in [1.29, 1.82) is 0 Å². The minimum atomic E-state index is 0.648. The van der Waals surface area contributed by atoms with Crippen LogP contribution in [0.25, 0.3) is 0 Å². The van der Waals surface area contributed by atoms with Crippen LogP contribution in [0.1, 0.15) is 59.3 Å². The average molecular weight is 226 g/mol. The number of nitrogens with two attached hydrogens (primary N) is 1. The normalized spacial score (nSPS) is 20.8. The van der Waals surface area contributed by atoms with Gasteiger partial charge in [0.2, 0.25) is 0 Å². The summed E-state index contributed by atoms with van der Waals surface area (Å²) >= 11 is 0. The smallest absolute Gasteiger partial charge is 0.0249 e. The quantitative estimate of drug-likeness (QED) is 0.689. The number of rotatable bonds is 8. The molecule has 0 saturated heterocycles. The SMILES string of the molecule is CCCCN(C(C)CC)C(CN)C1CCC1. The van der Waals surface area contributed by atoms with Crippen molar-refractivity contribution in [3.05, 3.63) is 0 Å². The highest BCUT2D eigenvalue weighted by molar-refractivity contribution is 4.87. The third kappa shape index (κ3) is 3.46.